The van der Waals surface area contributed by atoms with Crippen molar-refractivity contribution in [2.24, 2.45) is 0 Å². The number of halogens is 1. The van der Waals surface area contributed by atoms with Crippen LogP contribution in [-0.2, 0) is 0 Å². The molecule has 3 heteroatoms. The molecule has 0 aliphatic heterocycles. The van der Waals surface area contributed by atoms with E-state index in [1.165, 1.54) is 18.2 Å². The fraction of sp³-hybridized carbons (Fsp3) is 0. The van der Waals surface area contributed by atoms with Gasteiger partial charge in [0.1, 0.15) is 5.82 Å². The Balaban J connectivity index is 2.48. The van der Waals surface area contributed by atoms with Crippen LogP contribution in [0.2, 0.25) is 0 Å². The summed E-state index contributed by atoms with van der Waals surface area (Å²) in [5.74, 6) is -1.19. The van der Waals surface area contributed by atoms with Crippen LogP contribution in [0.1, 0.15) is 26.3 Å². The standard InChI is InChI=1S/C14H9FO2/c15-13-11(9-16)7-4-8-12(13)14(17)10-5-2-1-3-6-10/h1-9H. The smallest absolute Gasteiger partial charge is 0.195 e. The molecule has 2 aromatic carbocycles. The molecule has 0 N–H and O–H groups in total. The van der Waals surface area contributed by atoms with Crippen LogP contribution >= 0.6 is 0 Å². The lowest BCUT2D eigenvalue weighted by atomic mass is 10.0. The van der Waals surface area contributed by atoms with Crippen molar-refractivity contribution < 1.29 is 14.0 Å². The maximum atomic E-state index is 13.8. The molecular weight excluding hydrogens is 219 g/mol. The van der Waals surface area contributed by atoms with Crippen LogP contribution in [0, 0.1) is 5.82 Å². The molecule has 2 nitrogen and oxygen atoms in total. The molecule has 0 spiro atoms. The lowest BCUT2D eigenvalue weighted by Gasteiger charge is -2.03. The van der Waals surface area contributed by atoms with E-state index in [2.05, 4.69) is 0 Å². The molecule has 0 saturated carbocycles. The Labute approximate surface area is 97.7 Å². The molecule has 0 unspecified atom stereocenters. The number of hydrogen-bond acceptors (Lipinski definition) is 2. The number of carbonyl (C=O) groups excluding carboxylic acids is 2. The molecule has 2 aromatic rings. The van der Waals surface area contributed by atoms with Gasteiger partial charge in [0.2, 0.25) is 0 Å². The summed E-state index contributed by atoms with van der Waals surface area (Å²) in [5.41, 5.74) is 0.210. The first-order chi connectivity index (χ1) is 8.24. The third-order valence-corrected chi connectivity index (χ3v) is 2.44. The van der Waals surface area contributed by atoms with Crippen molar-refractivity contribution in [1.82, 2.24) is 0 Å². The van der Waals surface area contributed by atoms with Gasteiger partial charge in [0.25, 0.3) is 0 Å². The number of ketones is 1. The molecule has 2 rings (SSSR count). The Hall–Kier alpha value is -2.29. The van der Waals surface area contributed by atoms with Crippen molar-refractivity contribution >= 4 is 12.1 Å². The second kappa shape index (κ2) is 4.70. The number of rotatable bonds is 3. The first kappa shape index (κ1) is 11.2. The van der Waals surface area contributed by atoms with Crippen molar-refractivity contribution in [3.05, 3.63) is 71.0 Å². The summed E-state index contributed by atoms with van der Waals surface area (Å²) in [4.78, 5) is 22.6. The molecule has 0 atom stereocenters. The van der Waals surface area contributed by atoms with Crippen LogP contribution < -0.4 is 0 Å². The molecule has 0 radical (unpaired) electrons. The normalized spacial score (nSPS) is 9.94. The Kier molecular flexibility index (Phi) is 3.10. The van der Waals surface area contributed by atoms with Gasteiger partial charge in [-0.25, -0.2) is 4.39 Å². The molecule has 17 heavy (non-hydrogen) atoms. The van der Waals surface area contributed by atoms with E-state index >= 15 is 0 Å². The lowest BCUT2D eigenvalue weighted by Crippen LogP contribution is -2.06. The summed E-state index contributed by atoms with van der Waals surface area (Å²) in [6.45, 7) is 0. The van der Waals surface area contributed by atoms with Crippen LogP contribution in [0.3, 0.4) is 0 Å². The lowest BCUT2D eigenvalue weighted by molar-refractivity contribution is 0.103. The summed E-state index contributed by atoms with van der Waals surface area (Å²) in [6.07, 6.45) is 0.400. The molecule has 0 aliphatic rings. The summed E-state index contributed by atoms with van der Waals surface area (Å²) >= 11 is 0. The first-order valence-electron chi connectivity index (χ1n) is 5.07. The second-order valence-electron chi connectivity index (χ2n) is 3.52. The zero-order chi connectivity index (χ0) is 12.3. The van der Waals surface area contributed by atoms with E-state index in [4.69, 9.17) is 0 Å². The molecule has 0 bridgehead atoms. The highest BCUT2D eigenvalue weighted by Gasteiger charge is 2.15. The van der Waals surface area contributed by atoms with E-state index in [1.54, 1.807) is 30.3 Å². The predicted molar refractivity (Wildman–Crippen MR) is 61.7 cm³/mol. The van der Waals surface area contributed by atoms with Gasteiger partial charge in [-0.05, 0) is 12.1 Å². The highest BCUT2D eigenvalue weighted by atomic mass is 19.1. The average molecular weight is 228 g/mol. The molecule has 0 fully saturated rings. The highest BCUT2D eigenvalue weighted by molar-refractivity contribution is 6.09. The minimum atomic E-state index is -0.767. The number of aldehydes is 1. The fourth-order valence-electron chi connectivity index (χ4n) is 1.56. The minimum absolute atomic E-state index is 0.0826. The Morgan fingerprint density at radius 1 is 1.00 bits per heavy atom. The van der Waals surface area contributed by atoms with Gasteiger partial charge in [-0.1, -0.05) is 36.4 Å². The summed E-state index contributed by atoms with van der Waals surface area (Å²) in [5, 5.41) is 0. The minimum Gasteiger partial charge on any atom is -0.298 e. The van der Waals surface area contributed by atoms with Gasteiger partial charge in [-0.2, -0.15) is 0 Å². The van der Waals surface area contributed by atoms with E-state index in [1.807, 2.05) is 0 Å². The summed E-state index contributed by atoms with van der Waals surface area (Å²) in [7, 11) is 0. The zero-order valence-electron chi connectivity index (χ0n) is 8.89. The fourth-order valence-corrected chi connectivity index (χ4v) is 1.56. The Morgan fingerprint density at radius 3 is 2.35 bits per heavy atom. The molecular formula is C14H9FO2. The van der Waals surface area contributed by atoms with E-state index in [0.717, 1.165) is 0 Å². The molecule has 0 aromatic heterocycles. The maximum absolute atomic E-state index is 13.8. The second-order valence-corrected chi connectivity index (χ2v) is 3.52. The van der Waals surface area contributed by atoms with Crippen molar-refractivity contribution in [3.8, 4) is 0 Å². The summed E-state index contributed by atoms with van der Waals surface area (Å²) < 4.78 is 13.8. The number of carbonyl (C=O) groups is 2. The Bertz CT molecular complexity index is 562. The Morgan fingerprint density at radius 2 is 1.71 bits per heavy atom. The van der Waals surface area contributed by atoms with Crippen molar-refractivity contribution in [3.63, 3.8) is 0 Å². The SMILES string of the molecule is O=Cc1cccc(C(=O)c2ccccc2)c1F. The third-order valence-electron chi connectivity index (χ3n) is 2.44. The van der Waals surface area contributed by atoms with E-state index in [-0.39, 0.29) is 11.1 Å². The third kappa shape index (κ3) is 2.13. The van der Waals surface area contributed by atoms with Crippen LogP contribution in [0.15, 0.2) is 48.5 Å². The molecule has 0 aliphatic carbocycles. The maximum Gasteiger partial charge on any atom is 0.195 e. The quantitative estimate of drug-likeness (QED) is 0.598. The average Bonchev–Trinajstić information content (AvgIpc) is 2.39. The van der Waals surface area contributed by atoms with Gasteiger partial charge >= 0.3 is 0 Å². The molecule has 84 valence electrons. The zero-order valence-corrected chi connectivity index (χ0v) is 8.89. The van der Waals surface area contributed by atoms with Crippen LogP contribution in [0.4, 0.5) is 4.39 Å². The topological polar surface area (TPSA) is 34.1 Å². The van der Waals surface area contributed by atoms with Crippen LogP contribution in [0.5, 0.6) is 0 Å². The molecule has 0 saturated heterocycles. The van der Waals surface area contributed by atoms with Gasteiger partial charge in [-0.15, -0.1) is 0 Å². The monoisotopic (exact) mass is 228 g/mol. The van der Waals surface area contributed by atoms with Crippen LogP contribution in [-0.4, -0.2) is 12.1 Å². The first-order valence-corrected chi connectivity index (χ1v) is 5.07. The van der Waals surface area contributed by atoms with Gasteiger partial charge in [-0.3, -0.25) is 9.59 Å². The van der Waals surface area contributed by atoms with Gasteiger partial charge in [0, 0.05) is 5.56 Å². The van der Waals surface area contributed by atoms with Crippen molar-refractivity contribution in [2.75, 3.05) is 0 Å². The van der Waals surface area contributed by atoms with E-state index in [9.17, 15) is 14.0 Å². The van der Waals surface area contributed by atoms with E-state index in [0.29, 0.717) is 11.8 Å². The largest absolute Gasteiger partial charge is 0.298 e. The summed E-state index contributed by atoms with van der Waals surface area (Å²) in [6, 6.07) is 12.6. The van der Waals surface area contributed by atoms with Crippen LogP contribution in [0.25, 0.3) is 0 Å². The van der Waals surface area contributed by atoms with E-state index < -0.39 is 11.6 Å². The van der Waals surface area contributed by atoms with Gasteiger partial charge in [0.15, 0.2) is 12.1 Å². The van der Waals surface area contributed by atoms with Crippen molar-refractivity contribution in [2.45, 2.75) is 0 Å². The molecule has 0 heterocycles. The van der Waals surface area contributed by atoms with Gasteiger partial charge in [0.05, 0.1) is 11.1 Å². The van der Waals surface area contributed by atoms with Gasteiger partial charge < -0.3 is 0 Å². The molecule has 0 amide bonds. The number of hydrogen-bond donors (Lipinski definition) is 0. The highest BCUT2D eigenvalue weighted by Crippen LogP contribution is 2.15. The number of benzene rings is 2. The predicted octanol–water partition coefficient (Wildman–Crippen LogP) is 2.87. The van der Waals surface area contributed by atoms with Crippen molar-refractivity contribution in [1.29, 1.82) is 0 Å².